The number of piperidine rings is 1. The molecule has 0 bridgehead atoms. The summed E-state index contributed by atoms with van der Waals surface area (Å²) in [5.41, 5.74) is 0. The van der Waals surface area contributed by atoms with Crippen molar-refractivity contribution >= 4 is 23.2 Å². The van der Waals surface area contributed by atoms with Gasteiger partial charge in [0.2, 0.25) is 5.91 Å². The van der Waals surface area contributed by atoms with Crippen molar-refractivity contribution in [2.45, 2.75) is 38.1 Å². The maximum absolute atomic E-state index is 12.2. The highest BCUT2D eigenvalue weighted by Crippen LogP contribution is 2.20. The lowest BCUT2D eigenvalue weighted by Crippen LogP contribution is -2.48. The number of esters is 1. The van der Waals surface area contributed by atoms with Gasteiger partial charge in [0.05, 0.1) is 7.11 Å². The summed E-state index contributed by atoms with van der Waals surface area (Å²) >= 11 is 1.66. The van der Waals surface area contributed by atoms with E-state index in [0.29, 0.717) is 13.0 Å². The SMILES string of the molecule is COC(=O)C1CCCCN1C(=O)CCc1cccs1. The van der Waals surface area contributed by atoms with E-state index < -0.39 is 0 Å². The number of hydrogen-bond donors (Lipinski definition) is 0. The molecule has 4 nitrogen and oxygen atoms in total. The van der Waals surface area contributed by atoms with E-state index in [1.54, 1.807) is 16.2 Å². The molecule has 0 radical (unpaired) electrons. The van der Waals surface area contributed by atoms with E-state index in [2.05, 4.69) is 0 Å². The first-order valence-corrected chi connectivity index (χ1v) is 7.50. The molecule has 1 saturated heterocycles. The molecule has 1 fully saturated rings. The lowest BCUT2D eigenvalue weighted by molar-refractivity contribution is -0.154. The molecule has 5 heteroatoms. The Labute approximate surface area is 117 Å². The Morgan fingerprint density at radius 1 is 1.47 bits per heavy atom. The number of aryl methyl sites for hydroxylation is 1. The largest absolute Gasteiger partial charge is 0.467 e. The number of ether oxygens (including phenoxy) is 1. The third-order valence-corrected chi connectivity index (χ3v) is 4.40. The lowest BCUT2D eigenvalue weighted by atomic mass is 10.0. The predicted molar refractivity (Wildman–Crippen MR) is 74.0 cm³/mol. The van der Waals surface area contributed by atoms with Gasteiger partial charge < -0.3 is 9.64 Å². The van der Waals surface area contributed by atoms with Crippen LogP contribution in [0.3, 0.4) is 0 Å². The van der Waals surface area contributed by atoms with Crippen molar-refractivity contribution < 1.29 is 14.3 Å². The summed E-state index contributed by atoms with van der Waals surface area (Å²) in [6.45, 7) is 0.670. The number of thiophene rings is 1. The minimum absolute atomic E-state index is 0.0588. The monoisotopic (exact) mass is 281 g/mol. The van der Waals surface area contributed by atoms with Crippen molar-refractivity contribution in [2.75, 3.05) is 13.7 Å². The summed E-state index contributed by atoms with van der Waals surface area (Å²) in [7, 11) is 1.38. The van der Waals surface area contributed by atoms with Crippen molar-refractivity contribution in [3.8, 4) is 0 Å². The van der Waals surface area contributed by atoms with E-state index in [4.69, 9.17) is 4.74 Å². The van der Waals surface area contributed by atoms with Crippen LogP contribution in [0.1, 0.15) is 30.6 Å². The fraction of sp³-hybridized carbons (Fsp3) is 0.571. The Balaban J connectivity index is 1.93. The van der Waals surface area contributed by atoms with Crippen molar-refractivity contribution in [1.82, 2.24) is 4.90 Å². The molecule has 0 aliphatic carbocycles. The van der Waals surface area contributed by atoms with E-state index in [0.717, 1.165) is 25.7 Å². The summed E-state index contributed by atoms with van der Waals surface area (Å²) < 4.78 is 4.79. The highest BCUT2D eigenvalue weighted by atomic mass is 32.1. The van der Waals surface area contributed by atoms with Crippen LogP contribution in [-0.2, 0) is 20.7 Å². The van der Waals surface area contributed by atoms with Gasteiger partial charge in [-0.15, -0.1) is 11.3 Å². The maximum atomic E-state index is 12.2. The van der Waals surface area contributed by atoms with Gasteiger partial charge in [0, 0.05) is 17.8 Å². The van der Waals surface area contributed by atoms with E-state index in [9.17, 15) is 9.59 Å². The maximum Gasteiger partial charge on any atom is 0.328 e. The van der Waals surface area contributed by atoms with Crippen LogP contribution in [-0.4, -0.2) is 36.5 Å². The van der Waals surface area contributed by atoms with Crippen LogP contribution in [0.15, 0.2) is 17.5 Å². The van der Waals surface area contributed by atoms with Gasteiger partial charge in [-0.25, -0.2) is 4.79 Å². The van der Waals surface area contributed by atoms with Crippen molar-refractivity contribution in [3.63, 3.8) is 0 Å². The smallest absolute Gasteiger partial charge is 0.328 e. The molecule has 19 heavy (non-hydrogen) atoms. The molecule has 1 aliphatic rings. The molecule has 0 saturated carbocycles. The molecule has 0 spiro atoms. The predicted octanol–water partition coefficient (Wildman–Crippen LogP) is 2.23. The van der Waals surface area contributed by atoms with Crippen LogP contribution in [0.4, 0.5) is 0 Å². The molecule has 2 heterocycles. The fourth-order valence-electron chi connectivity index (χ4n) is 2.44. The zero-order valence-corrected chi connectivity index (χ0v) is 11.9. The first kappa shape index (κ1) is 14.1. The zero-order valence-electron chi connectivity index (χ0n) is 11.1. The van der Waals surface area contributed by atoms with E-state index in [1.807, 2.05) is 17.5 Å². The molecule has 1 aromatic rings. The number of carbonyl (C=O) groups is 2. The molecule has 1 amide bonds. The van der Waals surface area contributed by atoms with Crippen molar-refractivity contribution in [2.24, 2.45) is 0 Å². The number of hydrogen-bond acceptors (Lipinski definition) is 4. The number of carbonyl (C=O) groups excluding carboxylic acids is 2. The van der Waals surface area contributed by atoms with Crippen LogP contribution in [0.25, 0.3) is 0 Å². The molecule has 1 aliphatic heterocycles. The number of likely N-dealkylation sites (tertiary alicyclic amines) is 1. The highest BCUT2D eigenvalue weighted by molar-refractivity contribution is 7.09. The molecule has 2 rings (SSSR count). The number of nitrogens with zero attached hydrogens (tertiary/aromatic N) is 1. The van der Waals surface area contributed by atoms with E-state index in [1.165, 1.54) is 12.0 Å². The number of rotatable bonds is 4. The van der Waals surface area contributed by atoms with Crippen LogP contribution < -0.4 is 0 Å². The summed E-state index contributed by atoms with van der Waals surface area (Å²) in [6, 6.07) is 3.64. The third-order valence-electron chi connectivity index (χ3n) is 3.46. The number of amides is 1. The van der Waals surface area contributed by atoms with Gasteiger partial charge in [0.1, 0.15) is 6.04 Å². The zero-order chi connectivity index (χ0) is 13.7. The average molecular weight is 281 g/mol. The summed E-state index contributed by atoms with van der Waals surface area (Å²) in [5, 5.41) is 2.01. The highest BCUT2D eigenvalue weighted by Gasteiger charge is 2.32. The van der Waals surface area contributed by atoms with E-state index in [-0.39, 0.29) is 17.9 Å². The number of methoxy groups -OCH3 is 1. The minimum Gasteiger partial charge on any atom is -0.467 e. The Kier molecular flexibility index (Phi) is 4.96. The summed E-state index contributed by atoms with van der Waals surface area (Å²) in [6.07, 6.45) is 3.89. The molecule has 104 valence electrons. The molecule has 1 unspecified atom stereocenters. The van der Waals surface area contributed by atoms with Crippen LogP contribution in [0.2, 0.25) is 0 Å². The molecule has 0 aromatic carbocycles. The normalized spacial score (nSPS) is 19.2. The Morgan fingerprint density at radius 3 is 3.00 bits per heavy atom. The summed E-state index contributed by atoms with van der Waals surface area (Å²) in [4.78, 5) is 26.9. The second-order valence-electron chi connectivity index (χ2n) is 4.70. The van der Waals surface area contributed by atoms with Crippen molar-refractivity contribution in [3.05, 3.63) is 22.4 Å². The van der Waals surface area contributed by atoms with Crippen LogP contribution >= 0.6 is 11.3 Å². The first-order chi connectivity index (χ1) is 9.22. The topological polar surface area (TPSA) is 46.6 Å². The standard InChI is InChI=1S/C14H19NO3S/c1-18-14(17)12-6-2-3-9-15(12)13(16)8-7-11-5-4-10-19-11/h4-5,10,12H,2-3,6-9H2,1H3. The van der Waals surface area contributed by atoms with Crippen LogP contribution in [0.5, 0.6) is 0 Å². The Hall–Kier alpha value is -1.36. The van der Waals surface area contributed by atoms with Gasteiger partial charge in [-0.1, -0.05) is 6.07 Å². The average Bonchev–Trinajstić information content (AvgIpc) is 2.97. The second-order valence-corrected chi connectivity index (χ2v) is 5.73. The lowest BCUT2D eigenvalue weighted by Gasteiger charge is -2.33. The molecule has 1 aromatic heterocycles. The molecule has 1 atom stereocenters. The van der Waals surface area contributed by atoms with Gasteiger partial charge in [-0.3, -0.25) is 4.79 Å². The second kappa shape index (κ2) is 6.70. The third kappa shape index (κ3) is 3.56. The van der Waals surface area contributed by atoms with Gasteiger partial charge in [-0.05, 0) is 37.1 Å². The molecular weight excluding hydrogens is 262 g/mol. The van der Waals surface area contributed by atoms with Gasteiger partial charge in [0.25, 0.3) is 0 Å². The van der Waals surface area contributed by atoms with E-state index >= 15 is 0 Å². The minimum atomic E-state index is -0.380. The Morgan fingerprint density at radius 2 is 2.32 bits per heavy atom. The van der Waals surface area contributed by atoms with Crippen molar-refractivity contribution in [1.29, 1.82) is 0 Å². The first-order valence-electron chi connectivity index (χ1n) is 6.62. The van der Waals surface area contributed by atoms with Gasteiger partial charge >= 0.3 is 5.97 Å². The fourth-order valence-corrected chi connectivity index (χ4v) is 3.15. The molecular formula is C14H19NO3S. The van der Waals surface area contributed by atoms with Crippen LogP contribution in [0, 0.1) is 0 Å². The Bertz CT molecular complexity index is 430. The van der Waals surface area contributed by atoms with Gasteiger partial charge in [-0.2, -0.15) is 0 Å². The molecule has 0 N–H and O–H groups in total. The summed E-state index contributed by atoms with van der Waals surface area (Å²) in [5.74, 6) is -0.229. The quantitative estimate of drug-likeness (QED) is 0.795. The van der Waals surface area contributed by atoms with Gasteiger partial charge in [0.15, 0.2) is 0 Å².